The van der Waals surface area contributed by atoms with E-state index in [9.17, 15) is 9.59 Å². The van der Waals surface area contributed by atoms with Crippen molar-refractivity contribution in [1.29, 1.82) is 0 Å². The molecule has 4 nitrogen and oxygen atoms in total. The molecule has 0 N–H and O–H groups in total. The van der Waals surface area contributed by atoms with E-state index >= 15 is 0 Å². The molecule has 0 aliphatic rings. The van der Waals surface area contributed by atoms with Gasteiger partial charge in [0.15, 0.2) is 0 Å². The lowest BCUT2D eigenvalue weighted by Crippen LogP contribution is -2.40. The van der Waals surface area contributed by atoms with Crippen molar-refractivity contribution in [3.8, 4) is 0 Å². The van der Waals surface area contributed by atoms with Crippen LogP contribution in [-0.4, -0.2) is 24.6 Å². The van der Waals surface area contributed by atoms with E-state index in [4.69, 9.17) is 9.47 Å². The van der Waals surface area contributed by atoms with Crippen LogP contribution < -0.4 is 0 Å². The Morgan fingerprint density at radius 3 is 2.30 bits per heavy atom. The normalized spacial score (nSPS) is 14.3. The first-order valence-corrected chi connectivity index (χ1v) is 7.86. The van der Waals surface area contributed by atoms with Gasteiger partial charge < -0.3 is 9.47 Å². The molecule has 0 bridgehead atoms. The van der Waals surface area contributed by atoms with E-state index in [0.29, 0.717) is 6.61 Å². The first-order valence-electron chi connectivity index (χ1n) is 7.86. The van der Waals surface area contributed by atoms with Crippen LogP contribution in [0.4, 0.5) is 0 Å². The number of carbonyl (C=O) groups excluding carboxylic acids is 2. The van der Waals surface area contributed by atoms with Gasteiger partial charge in [-0.2, -0.15) is 0 Å². The molecule has 0 aliphatic carbocycles. The standard InChI is InChI=1S/C19H26O4/c1-6-22-18(21)17(19(3,4)5)14(2)23-16(20)13-12-15-10-8-7-9-11-15/h7-14,17H,6H2,1-5H3. The molecule has 23 heavy (non-hydrogen) atoms. The van der Waals surface area contributed by atoms with Gasteiger partial charge in [-0.1, -0.05) is 51.1 Å². The largest absolute Gasteiger partial charge is 0.466 e. The number of benzene rings is 1. The Labute approximate surface area is 138 Å². The summed E-state index contributed by atoms with van der Waals surface area (Å²) in [6, 6.07) is 9.48. The highest BCUT2D eigenvalue weighted by molar-refractivity contribution is 5.87. The van der Waals surface area contributed by atoms with Crippen molar-refractivity contribution in [2.45, 2.75) is 40.7 Å². The summed E-state index contributed by atoms with van der Waals surface area (Å²) in [5.41, 5.74) is 0.546. The van der Waals surface area contributed by atoms with Crippen LogP contribution in [0.2, 0.25) is 0 Å². The summed E-state index contributed by atoms with van der Waals surface area (Å²) < 4.78 is 10.5. The van der Waals surface area contributed by atoms with E-state index in [2.05, 4.69) is 0 Å². The third-order valence-corrected chi connectivity index (χ3v) is 3.46. The second-order valence-electron chi connectivity index (χ2n) is 6.48. The average molecular weight is 318 g/mol. The predicted octanol–water partition coefficient (Wildman–Crippen LogP) is 3.86. The minimum absolute atomic E-state index is 0.306. The second kappa shape index (κ2) is 8.51. The summed E-state index contributed by atoms with van der Waals surface area (Å²) in [4.78, 5) is 24.1. The van der Waals surface area contributed by atoms with Gasteiger partial charge in [0.25, 0.3) is 0 Å². The highest BCUT2D eigenvalue weighted by Gasteiger charge is 2.38. The van der Waals surface area contributed by atoms with Gasteiger partial charge in [0.1, 0.15) is 6.10 Å². The van der Waals surface area contributed by atoms with Gasteiger partial charge in [-0.25, -0.2) is 4.79 Å². The number of ether oxygens (including phenoxy) is 2. The zero-order chi connectivity index (χ0) is 17.5. The fraction of sp³-hybridized carbons (Fsp3) is 0.474. The van der Waals surface area contributed by atoms with E-state index in [1.807, 2.05) is 51.1 Å². The Hall–Kier alpha value is -2.10. The first-order chi connectivity index (χ1) is 10.8. The Morgan fingerprint density at radius 2 is 1.78 bits per heavy atom. The van der Waals surface area contributed by atoms with Crippen molar-refractivity contribution in [1.82, 2.24) is 0 Å². The number of rotatable bonds is 6. The molecule has 1 aromatic carbocycles. The topological polar surface area (TPSA) is 52.6 Å². The maximum Gasteiger partial charge on any atom is 0.331 e. The SMILES string of the molecule is CCOC(=O)C(C(C)OC(=O)C=Cc1ccccc1)C(C)(C)C. The molecule has 4 heteroatoms. The molecule has 2 atom stereocenters. The van der Waals surface area contributed by atoms with Crippen molar-refractivity contribution in [2.24, 2.45) is 11.3 Å². The molecule has 0 aliphatic heterocycles. The van der Waals surface area contributed by atoms with Crippen LogP contribution in [0.3, 0.4) is 0 Å². The van der Waals surface area contributed by atoms with Gasteiger partial charge in [0, 0.05) is 6.08 Å². The van der Waals surface area contributed by atoms with Crippen LogP contribution in [0, 0.1) is 11.3 Å². The molecule has 0 aromatic heterocycles. The molecular weight excluding hydrogens is 292 g/mol. The number of hydrogen-bond donors (Lipinski definition) is 0. The monoisotopic (exact) mass is 318 g/mol. The van der Waals surface area contributed by atoms with Crippen molar-refractivity contribution >= 4 is 18.0 Å². The highest BCUT2D eigenvalue weighted by Crippen LogP contribution is 2.31. The maximum absolute atomic E-state index is 12.2. The third-order valence-electron chi connectivity index (χ3n) is 3.46. The summed E-state index contributed by atoms with van der Waals surface area (Å²) in [5.74, 6) is -1.33. The Morgan fingerprint density at radius 1 is 1.17 bits per heavy atom. The quantitative estimate of drug-likeness (QED) is 0.590. The van der Waals surface area contributed by atoms with Gasteiger partial charge in [0.2, 0.25) is 0 Å². The van der Waals surface area contributed by atoms with Gasteiger partial charge in [0.05, 0.1) is 12.5 Å². The summed E-state index contributed by atoms with van der Waals surface area (Å²) in [6.45, 7) is 9.58. The lowest BCUT2D eigenvalue weighted by Gasteiger charge is -2.32. The van der Waals surface area contributed by atoms with E-state index < -0.39 is 18.0 Å². The summed E-state index contributed by atoms with van der Waals surface area (Å²) in [5, 5.41) is 0. The molecule has 1 rings (SSSR count). The van der Waals surface area contributed by atoms with Crippen LogP contribution in [-0.2, 0) is 19.1 Å². The van der Waals surface area contributed by atoms with Gasteiger partial charge in [-0.3, -0.25) is 4.79 Å². The molecule has 2 unspecified atom stereocenters. The van der Waals surface area contributed by atoms with Crippen molar-refractivity contribution in [3.63, 3.8) is 0 Å². The summed E-state index contributed by atoms with van der Waals surface area (Å²) >= 11 is 0. The van der Waals surface area contributed by atoms with E-state index in [1.165, 1.54) is 6.08 Å². The number of hydrogen-bond acceptors (Lipinski definition) is 4. The molecule has 0 fully saturated rings. The van der Waals surface area contributed by atoms with Crippen molar-refractivity contribution < 1.29 is 19.1 Å². The van der Waals surface area contributed by atoms with E-state index in [0.717, 1.165) is 5.56 Å². The molecule has 0 heterocycles. The van der Waals surface area contributed by atoms with Crippen molar-refractivity contribution in [3.05, 3.63) is 42.0 Å². The third kappa shape index (κ3) is 6.27. The van der Waals surface area contributed by atoms with Gasteiger partial charge in [-0.05, 0) is 30.9 Å². The minimum atomic E-state index is -0.568. The first kappa shape index (κ1) is 18.9. The molecular formula is C19H26O4. The lowest BCUT2D eigenvalue weighted by atomic mass is 9.77. The molecule has 0 spiro atoms. The van der Waals surface area contributed by atoms with Crippen molar-refractivity contribution in [2.75, 3.05) is 6.61 Å². The number of carbonyl (C=O) groups is 2. The van der Waals surface area contributed by atoms with Crippen LogP contribution in [0.15, 0.2) is 36.4 Å². The molecule has 0 saturated carbocycles. The average Bonchev–Trinajstić information content (AvgIpc) is 2.45. The minimum Gasteiger partial charge on any atom is -0.466 e. The van der Waals surface area contributed by atoms with Gasteiger partial charge >= 0.3 is 11.9 Å². The lowest BCUT2D eigenvalue weighted by molar-refractivity contribution is -0.163. The Bertz CT molecular complexity index is 540. The maximum atomic E-state index is 12.2. The van der Waals surface area contributed by atoms with Crippen LogP contribution in [0.1, 0.15) is 40.2 Å². The van der Waals surface area contributed by atoms with E-state index in [-0.39, 0.29) is 11.4 Å². The smallest absolute Gasteiger partial charge is 0.331 e. The molecule has 0 amide bonds. The van der Waals surface area contributed by atoms with Gasteiger partial charge in [-0.15, -0.1) is 0 Å². The number of esters is 2. The zero-order valence-corrected chi connectivity index (χ0v) is 14.5. The summed E-state index contributed by atoms with van der Waals surface area (Å²) in [7, 11) is 0. The van der Waals surface area contributed by atoms with Crippen LogP contribution >= 0.6 is 0 Å². The molecule has 126 valence electrons. The fourth-order valence-corrected chi connectivity index (χ4v) is 2.50. The zero-order valence-electron chi connectivity index (χ0n) is 14.5. The second-order valence-corrected chi connectivity index (χ2v) is 6.48. The molecule has 1 aromatic rings. The fourth-order valence-electron chi connectivity index (χ4n) is 2.50. The Kier molecular flexibility index (Phi) is 7.01. The van der Waals surface area contributed by atoms with Crippen LogP contribution in [0.25, 0.3) is 6.08 Å². The predicted molar refractivity (Wildman–Crippen MR) is 90.6 cm³/mol. The molecule has 0 radical (unpaired) electrons. The summed E-state index contributed by atoms with van der Waals surface area (Å²) in [6.07, 6.45) is 2.49. The van der Waals surface area contributed by atoms with E-state index in [1.54, 1.807) is 19.9 Å². The molecule has 0 saturated heterocycles. The van der Waals surface area contributed by atoms with Crippen LogP contribution in [0.5, 0.6) is 0 Å². The Balaban J connectivity index is 2.74. The highest BCUT2D eigenvalue weighted by atomic mass is 16.6.